The summed E-state index contributed by atoms with van der Waals surface area (Å²) in [5.74, 6) is -5.30. The molecule has 0 spiro atoms. The molecule has 1 rings (SSSR count). The highest BCUT2D eigenvalue weighted by molar-refractivity contribution is 5.86. The predicted octanol–water partition coefficient (Wildman–Crippen LogP) is 0.781. The lowest BCUT2D eigenvalue weighted by molar-refractivity contribution is -0.384. The molecule has 0 saturated heterocycles. The zero-order chi connectivity index (χ0) is 24.3. The van der Waals surface area contributed by atoms with E-state index in [1.54, 1.807) is 0 Å². The number of hydrogen-bond donors (Lipinski definition) is 6. The molecule has 0 radical (unpaired) electrons. The maximum Gasteiger partial charge on any atom is 0.326 e. The third kappa shape index (κ3) is 9.19. The average Bonchev–Trinajstić information content (AvgIpc) is 2.69. The fourth-order valence-corrected chi connectivity index (χ4v) is 2.53. The van der Waals surface area contributed by atoms with E-state index in [-0.39, 0.29) is 31.6 Å². The maximum absolute atomic E-state index is 13.2. The molecule has 0 aliphatic heterocycles. The van der Waals surface area contributed by atoms with Gasteiger partial charge in [0.1, 0.15) is 12.1 Å². The van der Waals surface area contributed by atoms with E-state index in [4.69, 9.17) is 10.2 Å². The van der Waals surface area contributed by atoms with Gasteiger partial charge in [0.25, 0.3) is 0 Å². The number of unbranched alkanes of at least 4 members (excludes halogenated alkanes) is 1. The number of nitrogens with one attached hydrogen (secondary N) is 3. The lowest BCUT2D eigenvalue weighted by Gasteiger charge is -2.18. The highest BCUT2D eigenvalue weighted by Crippen LogP contribution is 2.21. The second-order valence-corrected chi connectivity index (χ2v) is 6.51. The fraction of sp³-hybridized carbons (Fsp3) is 0.471. The number of carboxylic acid groups (broad SMARTS) is 3. The summed E-state index contributed by atoms with van der Waals surface area (Å²) in [4.78, 5) is 58.4. The lowest BCUT2D eigenvalue weighted by atomic mass is 10.1. The quantitative estimate of drug-likeness (QED) is 0.0987. The molecule has 1 aromatic heterocycles. The van der Waals surface area contributed by atoms with Crippen molar-refractivity contribution in [1.29, 1.82) is 0 Å². The maximum atomic E-state index is 13.2. The molecule has 0 aliphatic carbocycles. The standard InChI is InChI=1S/C17H22FN5O9/c18-12-6-5-11(23(31)32)14(22-12)19-8-2-1-3-9(15(26)27)20-17(30)21-10(16(28)29)4-7-13(24)25/h5-6,9-10H,1-4,7-8H2,(H,19,22)(H,24,25)(H,26,27)(H,28,29)(H2,20,21,30). The summed E-state index contributed by atoms with van der Waals surface area (Å²) in [7, 11) is 0. The topological polar surface area (TPSA) is 221 Å². The molecular formula is C17H22FN5O9. The summed E-state index contributed by atoms with van der Waals surface area (Å²) in [5.41, 5.74) is -0.427. The first-order valence-electron chi connectivity index (χ1n) is 9.30. The number of hydrogen-bond acceptors (Lipinski definition) is 8. The van der Waals surface area contributed by atoms with Crippen LogP contribution in [0.1, 0.15) is 32.1 Å². The van der Waals surface area contributed by atoms with Crippen molar-refractivity contribution in [3.63, 3.8) is 0 Å². The molecular weight excluding hydrogens is 437 g/mol. The number of carbonyl (C=O) groups excluding carboxylic acids is 1. The van der Waals surface area contributed by atoms with E-state index in [1.807, 2.05) is 5.32 Å². The first-order chi connectivity index (χ1) is 15.0. The summed E-state index contributed by atoms with van der Waals surface area (Å²) in [6.07, 6.45) is -0.434. The molecule has 2 unspecified atom stereocenters. The van der Waals surface area contributed by atoms with Gasteiger partial charge in [0, 0.05) is 25.1 Å². The number of rotatable bonds is 14. The molecule has 1 aromatic rings. The van der Waals surface area contributed by atoms with Crippen molar-refractivity contribution < 1.29 is 43.8 Å². The molecule has 2 amide bonds. The molecule has 1 heterocycles. The van der Waals surface area contributed by atoms with Gasteiger partial charge in [-0.1, -0.05) is 0 Å². The Labute approximate surface area is 180 Å². The molecule has 2 atom stereocenters. The molecule has 0 bridgehead atoms. The summed E-state index contributed by atoms with van der Waals surface area (Å²) in [6.45, 7) is 0.103. The van der Waals surface area contributed by atoms with Crippen LogP contribution in [0.15, 0.2) is 12.1 Å². The van der Waals surface area contributed by atoms with Crippen molar-refractivity contribution in [2.24, 2.45) is 0 Å². The van der Waals surface area contributed by atoms with Gasteiger partial charge in [-0.25, -0.2) is 14.4 Å². The Balaban J connectivity index is 2.52. The predicted molar refractivity (Wildman–Crippen MR) is 105 cm³/mol. The number of anilines is 1. The van der Waals surface area contributed by atoms with E-state index >= 15 is 0 Å². The second kappa shape index (κ2) is 12.6. The number of amides is 2. The van der Waals surface area contributed by atoms with Crippen molar-refractivity contribution in [1.82, 2.24) is 15.6 Å². The average molecular weight is 459 g/mol. The SMILES string of the molecule is O=C(O)CCC(NC(=O)NC(CCCCNc1nc(F)ccc1[N+](=O)[O-])C(=O)O)C(=O)O. The van der Waals surface area contributed by atoms with E-state index in [0.717, 1.165) is 12.1 Å². The molecule has 15 heteroatoms. The van der Waals surface area contributed by atoms with Crippen molar-refractivity contribution in [2.75, 3.05) is 11.9 Å². The summed E-state index contributed by atoms with van der Waals surface area (Å²) < 4.78 is 13.2. The number of pyridine rings is 1. The largest absolute Gasteiger partial charge is 0.481 e. The Morgan fingerprint density at radius 1 is 1.03 bits per heavy atom. The third-order valence-corrected chi connectivity index (χ3v) is 4.10. The highest BCUT2D eigenvalue weighted by Gasteiger charge is 2.24. The number of aromatic nitrogens is 1. The first-order valence-corrected chi connectivity index (χ1v) is 9.30. The molecule has 176 valence electrons. The Morgan fingerprint density at radius 2 is 1.62 bits per heavy atom. The van der Waals surface area contributed by atoms with Crippen LogP contribution in [0.25, 0.3) is 0 Å². The van der Waals surface area contributed by atoms with E-state index in [9.17, 15) is 38.8 Å². The van der Waals surface area contributed by atoms with Crippen LogP contribution >= 0.6 is 0 Å². The molecule has 6 N–H and O–H groups in total. The van der Waals surface area contributed by atoms with Gasteiger partial charge in [0.15, 0.2) is 0 Å². The van der Waals surface area contributed by atoms with Crippen LogP contribution in [0.4, 0.5) is 20.7 Å². The smallest absolute Gasteiger partial charge is 0.326 e. The minimum absolute atomic E-state index is 0.0596. The van der Waals surface area contributed by atoms with Gasteiger partial charge in [0.05, 0.1) is 4.92 Å². The fourth-order valence-electron chi connectivity index (χ4n) is 2.53. The van der Waals surface area contributed by atoms with Gasteiger partial charge in [-0.15, -0.1) is 0 Å². The zero-order valence-corrected chi connectivity index (χ0v) is 16.6. The summed E-state index contributed by atoms with van der Waals surface area (Å²) in [5, 5.41) is 44.4. The molecule has 0 aliphatic rings. The molecule has 0 aromatic carbocycles. The van der Waals surface area contributed by atoms with Gasteiger partial charge in [0.2, 0.25) is 11.8 Å². The van der Waals surface area contributed by atoms with Crippen molar-refractivity contribution in [3.8, 4) is 0 Å². The van der Waals surface area contributed by atoms with E-state index < -0.39 is 59.0 Å². The van der Waals surface area contributed by atoms with Crippen LogP contribution in [-0.2, 0) is 14.4 Å². The van der Waals surface area contributed by atoms with Crippen molar-refractivity contribution in [2.45, 2.75) is 44.2 Å². The van der Waals surface area contributed by atoms with Gasteiger partial charge in [-0.05, 0) is 25.7 Å². The Morgan fingerprint density at radius 3 is 2.16 bits per heavy atom. The number of halogens is 1. The molecule has 0 fully saturated rings. The number of carbonyl (C=O) groups is 4. The van der Waals surface area contributed by atoms with Gasteiger partial charge >= 0.3 is 29.6 Å². The summed E-state index contributed by atoms with van der Waals surface area (Å²) >= 11 is 0. The minimum Gasteiger partial charge on any atom is -0.481 e. The summed E-state index contributed by atoms with van der Waals surface area (Å²) in [6, 6.07) is -2.18. The molecule has 14 nitrogen and oxygen atoms in total. The number of nitro groups is 1. The lowest BCUT2D eigenvalue weighted by Crippen LogP contribution is -2.51. The molecule has 32 heavy (non-hydrogen) atoms. The number of aliphatic carboxylic acids is 3. The second-order valence-electron chi connectivity index (χ2n) is 6.51. The van der Waals surface area contributed by atoms with Crippen LogP contribution in [0, 0.1) is 16.1 Å². The first kappa shape index (κ1) is 26.0. The van der Waals surface area contributed by atoms with E-state index in [1.165, 1.54) is 0 Å². The Kier molecular flexibility index (Phi) is 10.2. The normalized spacial score (nSPS) is 12.3. The van der Waals surface area contributed by atoms with Crippen LogP contribution in [0.5, 0.6) is 0 Å². The Bertz CT molecular complexity index is 867. The Hall–Kier alpha value is -4.04. The van der Waals surface area contributed by atoms with Crippen molar-refractivity contribution >= 4 is 35.4 Å². The molecule has 0 saturated carbocycles. The monoisotopic (exact) mass is 459 g/mol. The van der Waals surface area contributed by atoms with Gasteiger partial charge in [-0.2, -0.15) is 9.37 Å². The van der Waals surface area contributed by atoms with Crippen LogP contribution in [0.3, 0.4) is 0 Å². The van der Waals surface area contributed by atoms with E-state index in [2.05, 4.69) is 15.6 Å². The number of nitrogens with zero attached hydrogens (tertiary/aromatic N) is 2. The van der Waals surface area contributed by atoms with E-state index in [0.29, 0.717) is 6.42 Å². The minimum atomic E-state index is -1.51. The highest BCUT2D eigenvalue weighted by atomic mass is 19.1. The number of carboxylic acids is 3. The van der Waals surface area contributed by atoms with Gasteiger partial charge in [-0.3, -0.25) is 14.9 Å². The van der Waals surface area contributed by atoms with Crippen LogP contribution < -0.4 is 16.0 Å². The van der Waals surface area contributed by atoms with Crippen molar-refractivity contribution in [3.05, 3.63) is 28.2 Å². The number of urea groups is 1. The third-order valence-electron chi connectivity index (χ3n) is 4.10. The van der Waals surface area contributed by atoms with Crippen LogP contribution in [0.2, 0.25) is 0 Å². The van der Waals surface area contributed by atoms with Crippen LogP contribution in [-0.4, -0.2) is 67.8 Å². The zero-order valence-electron chi connectivity index (χ0n) is 16.6. The van der Waals surface area contributed by atoms with Gasteiger partial charge < -0.3 is 31.3 Å².